The maximum Gasteiger partial charge on any atom is 0.263 e. The van der Waals surface area contributed by atoms with Crippen molar-refractivity contribution in [3.05, 3.63) is 35.4 Å². The van der Waals surface area contributed by atoms with Crippen LogP contribution in [0.1, 0.15) is 23.6 Å². The van der Waals surface area contributed by atoms with Gasteiger partial charge in [-0.15, -0.1) is 0 Å². The molecule has 1 atom stereocenters. The molecule has 0 spiro atoms. The van der Waals surface area contributed by atoms with E-state index in [4.69, 9.17) is 5.73 Å². The number of benzene rings is 1. The number of halogens is 2. The molecule has 0 amide bonds. The minimum atomic E-state index is -2.43. The van der Waals surface area contributed by atoms with Gasteiger partial charge in [0.05, 0.1) is 0 Å². The van der Waals surface area contributed by atoms with Crippen LogP contribution in [0.25, 0.3) is 0 Å². The molecule has 0 aliphatic heterocycles. The van der Waals surface area contributed by atoms with E-state index in [1.807, 2.05) is 0 Å². The molecule has 2 nitrogen and oxygen atoms in total. The number of hydrogen-bond acceptors (Lipinski definition) is 2. The molecular weight excluding hydrogens is 186 g/mol. The zero-order valence-corrected chi connectivity index (χ0v) is 8.00. The molecule has 78 valence electrons. The van der Waals surface area contributed by atoms with Crippen LogP contribution < -0.4 is 11.1 Å². The van der Waals surface area contributed by atoms with Gasteiger partial charge in [-0.25, -0.2) is 8.78 Å². The van der Waals surface area contributed by atoms with Gasteiger partial charge in [-0.1, -0.05) is 18.2 Å². The minimum absolute atomic E-state index is 0.0381. The predicted octanol–water partition coefficient (Wildman–Crippen LogP) is 1.84. The Balaban J connectivity index is 2.92. The SMILES string of the molecule is CNC(CN)c1cccc(C(F)F)c1. The van der Waals surface area contributed by atoms with E-state index < -0.39 is 6.43 Å². The fourth-order valence-corrected chi connectivity index (χ4v) is 1.33. The highest BCUT2D eigenvalue weighted by Gasteiger charge is 2.11. The van der Waals surface area contributed by atoms with Crippen molar-refractivity contribution < 1.29 is 8.78 Å². The van der Waals surface area contributed by atoms with Gasteiger partial charge in [0.15, 0.2) is 0 Å². The van der Waals surface area contributed by atoms with Gasteiger partial charge in [0.1, 0.15) is 0 Å². The number of hydrogen-bond donors (Lipinski definition) is 2. The molecule has 1 aromatic carbocycles. The van der Waals surface area contributed by atoms with Crippen molar-refractivity contribution >= 4 is 0 Å². The van der Waals surface area contributed by atoms with Crippen molar-refractivity contribution in [2.45, 2.75) is 12.5 Å². The Morgan fingerprint density at radius 1 is 1.36 bits per heavy atom. The molecule has 1 rings (SSSR count). The predicted molar refractivity (Wildman–Crippen MR) is 52.3 cm³/mol. The molecule has 0 heterocycles. The molecule has 0 aliphatic rings. The molecule has 0 saturated carbocycles. The quantitative estimate of drug-likeness (QED) is 0.778. The number of nitrogens with two attached hydrogens (primary N) is 1. The fourth-order valence-electron chi connectivity index (χ4n) is 1.33. The maximum atomic E-state index is 12.4. The summed E-state index contributed by atoms with van der Waals surface area (Å²) >= 11 is 0. The van der Waals surface area contributed by atoms with Crippen LogP contribution in [0.4, 0.5) is 8.78 Å². The van der Waals surface area contributed by atoms with Crippen LogP contribution in [0, 0.1) is 0 Å². The number of alkyl halides is 2. The lowest BCUT2D eigenvalue weighted by atomic mass is 10.0. The summed E-state index contributed by atoms with van der Waals surface area (Å²) in [6.45, 7) is 0.392. The first kappa shape index (κ1) is 11.1. The summed E-state index contributed by atoms with van der Waals surface area (Å²) < 4.78 is 24.7. The van der Waals surface area contributed by atoms with Gasteiger partial charge in [-0.3, -0.25) is 0 Å². The van der Waals surface area contributed by atoms with Crippen molar-refractivity contribution in [1.82, 2.24) is 5.32 Å². The topological polar surface area (TPSA) is 38.0 Å². The molecular formula is C10H14F2N2. The summed E-state index contributed by atoms with van der Waals surface area (Å²) in [7, 11) is 1.76. The van der Waals surface area contributed by atoms with Crippen LogP contribution in [0.3, 0.4) is 0 Å². The molecule has 0 aliphatic carbocycles. The summed E-state index contributed by atoms with van der Waals surface area (Å²) in [6.07, 6.45) is -2.43. The van der Waals surface area contributed by atoms with E-state index in [1.54, 1.807) is 19.2 Å². The van der Waals surface area contributed by atoms with E-state index in [2.05, 4.69) is 5.32 Å². The summed E-state index contributed by atoms with van der Waals surface area (Å²) in [4.78, 5) is 0. The van der Waals surface area contributed by atoms with Crippen molar-refractivity contribution in [3.63, 3.8) is 0 Å². The molecule has 1 unspecified atom stereocenters. The lowest BCUT2D eigenvalue weighted by molar-refractivity contribution is 0.151. The standard InChI is InChI=1S/C10H14F2N2/c1-14-9(6-13)7-3-2-4-8(5-7)10(11)12/h2-5,9-10,14H,6,13H2,1H3. The average molecular weight is 200 g/mol. The Hall–Kier alpha value is -1.00. The van der Waals surface area contributed by atoms with Gasteiger partial charge >= 0.3 is 0 Å². The van der Waals surface area contributed by atoms with Crippen LogP contribution in [0.15, 0.2) is 24.3 Å². The van der Waals surface area contributed by atoms with E-state index in [1.165, 1.54) is 12.1 Å². The molecule has 1 aromatic rings. The molecule has 3 N–H and O–H groups in total. The third kappa shape index (κ3) is 2.49. The highest BCUT2D eigenvalue weighted by molar-refractivity contribution is 5.27. The highest BCUT2D eigenvalue weighted by Crippen LogP contribution is 2.21. The smallest absolute Gasteiger partial charge is 0.263 e. The molecule has 0 fully saturated rings. The van der Waals surface area contributed by atoms with Crippen molar-refractivity contribution in [2.75, 3.05) is 13.6 Å². The van der Waals surface area contributed by atoms with Crippen LogP contribution in [0.5, 0.6) is 0 Å². The first-order chi connectivity index (χ1) is 6.69. The monoisotopic (exact) mass is 200 g/mol. The van der Waals surface area contributed by atoms with E-state index >= 15 is 0 Å². The molecule has 14 heavy (non-hydrogen) atoms. The number of rotatable bonds is 4. The van der Waals surface area contributed by atoms with E-state index in [0.717, 1.165) is 5.56 Å². The van der Waals surface area contributed by atoms with Crippen LogP contribution >= 0.6 is 0 Å². The number of nitrogens with one attached hydrogen (secondary N) is 1. The van der Waals surface area contributed by atoms with Crippen LogP contribution in [-0.4, -0.2) is 13.6 Å². The molecule has 0 radical (unpaired) electrons. The summed E-state index contributed by atoms with van der Waals surface area (Å²) in [5.41, 5.74) is 6.33. The maximum absolute atomic E-state index is 12.4. The minimum Gasteiger partial charge on any atom is -0.329 e. The highest BCUT2D eigenvalue weighted by atomic mass is 19.3. The summed E-state index contributed by atoms with van der Waals surface area (Å²) in [5, 5.41) is 2.96. The fraction of sp³-hybridized carbons (Fsp3) is 0.400. The lowest BCUT2D eigenvalue weighted by Gasteiger charge is -2.14. The zero-order valence-electron chi connectivity index (χ0n) is 8.00. The van der Waals surface area contributed by atoms with Crippen molar-refractivity contribution in [3.8, 4) is 0 Å². The second-order valence-electron chi connectivity index (χ2n) is 3.05. The molecule has 4 heteroatoms. The van der Waals surface area contributed by atoms with Gasteiger partial charge in [-0.05, 0) is 18.7 Å². The van der Waals surface area contributed by atoms with E-state index in [-0.39, 0.29) is 11.6 Å². The third-order valence-electron chi connectivity index (χ3n) is 2.15. The summed E-state index contributed by atoms with van der Waals surface area (Å²) in [5.74, 6) is 0. The van der Waals surface area contributed by atoms with E-state index in [0.29, 0.717) is 6.54 Å². The third-order valence-corrected chi connectivity index (χ3v) is 2.15. The molecule has 0 saturated heterocycles. The lowest BCUT2D eigenvalue weighted by Crippen LogP contribution is -2.24. The Morgan fingerprint density at radius 2 is 2.00 bits per heavy atom. The summed E-state index contributed by atoms with van der Waals surface area (Å²) in [6, 6.07) is 6.25. The zero-order chi connectivity index (χ0) is 10.6. The van der Waals surface area contributed by atoms with Gasteiger partial charge in [0, 0.05) is 18.2 Å². The Bertz CT molecular complexity index is 285. The normalized spacial score (nSPS) is 13.2. The second-order valence-corrected chi connectivity index (χ2v) is 3.05. The van der Waals surface area contributed by atoms with Gasteiger partial charge in [0.2, 0.25) is 0 Å². The van der Waals surface area contributed by atoms with Crippen LogP contribution in [-0.2, 0) is 0 Å². The Labute approximate surface area is 82.1 Å². The largest absolute Gasteiger partial charge is 0.329 e. The average Bonchev–Trinajstić information content (AvgIpc) is 2.20. The van der Waals surface area contributed by atoms with Crippen molar-refractivity contribution in [1.29, 1.82) is 0 Å². The Kier molecular flexibility index (Phi) is 3.98. The van der Waals surface area contributed by atoms with E-state index in [9.17, 15) is 8.78 Å². The first-order valence-corrected chi connectivity index (χ1v) is 4.44. The molecule has 0 bridgehead atoms. The number of likely N-dealkylation sites (N-methyl/N-ethyl adjacent to an activating group) is 1. The van der Waals surface area contributed by atoms with Gasteiger partial charge in [0.25, 0.3) is 6.43 Å². The van der Waals surface area contributed by atoms with Crippen LogP contribution in [0.2, 0.25) is 0 Å². The van der Waals surface area contributed by atoms with Crippen molar-refractivity contribution in [2.24, 2.45) is 5.73 Å². The first-order valence-electron chi connectivity index (χ1n) is 4.44. The molecule has 0 aromatic heterocycles. The van der Waals surface area contributed by atoms with Gasteiger partial charge in [-0.2, -0.15) is 0 Å². The second kappa shape index (κ2) is 5.02. The Morgan fingerprint density at radius 3 is 2.50 bits per heavy atom. The van der Waals surface area contributed by atoms with Gasteiger partial charge < -0.3 is 11.1 Å².